The Hall–Kier alpha value is -1.20. The second-order valence-electron chi connectivity index (χ2n) is 3.89. The van der Waals surface area contributed by atoms with E-state index in [0.29, 0.717) is 12.1 Å². The van der Waals surface area contributed by atoms with Gasteiger partial charge in [-0.1, -0.05) is 0 Å². The first-order valence-corrected chi connectivity index (χ1v) is 6.05. The topological polar surface area (TPSA) is 55.4 Å². The van der Waals surface area contributed by atoms with Gasteiger partial charge in [-0.15, -0.1) is 0 Å². The van der Waals surface area contributed by atoms with Gasteiger partial charge in [-0.05, 0) is 40.0 Å². The molecule has 1 aliphatic rings. The second kappa shape index (κ2) is 4.98. The molecule has 0 radical (unpaired) electrons. The lowest BCUT2D eigenvalue weighted by Gasteiger charge is -2.09. The third kappa shape index (κ3) is 2.56. The standard InChI is InChI=1S/C12H12BrNO3/c1-17-6-12(16)14-10-4-7-2-3-11(15)8(7)5-9(10)13/h4-5H,2-3,6H2,1H3,(H,14,16). The molecule has 0 atom stereocenters. The number of halogens is 1. The van der Waals surface area contributed by atoms with Gasteiger partial charge in [0.1, 0.15) is 6.61 Å². The molecule has 17 heavy (non-hydrogen) atoms. The Labute approximate surface area is 107 Å². The summed E-state index contributed by atoms with van der Waals surface area (Å²) >= 11 is 3.35. The summed E-state index contributed by atoms with van der Waals surface area (Å²) in [5.74, 6) is -0.0482. The number of hydrogen-bond donors (Lipinski definition) is 1. The number of ketones is 1. The van der Waals surface area contributed by atoms with E-state index >= 15 is 0 Å². The van der Waals surface area contributed by atoms with Gasteiger partial charge in [0.25, 0.3) is 0 Å². The molecule has 4 nitrogen and oxygen atoms in total. The Kier molecular flexibility index (Phi) is 3.59. The molecule has 1 aliphatic carbocycles. The molecule has 0 aromatic heterocycles. The quantitative estimate of drug-likeness (QED) is 0.930. The van der Waals surface area contributed by atoms with Crippen molar-refractivity contribution in [2.45, 2.75) is 12.8 Å². The van der Waals surface area contributed by atoms with Gasteiger partial charge in [-0.2, -0.15) is 0 Å². The Morgan fingerprint density at radius 3 is 2.94 bits per heavy atom. The summed E-state index contributed by atoms with van der Waals surface area (Å²) in [6.07, 6.45) is 1.30. The molecule has 2 rings (SSSR count). The van der Waals surface area contributed by atoms with Crippen LogP contribution in [0.5, 0.6) is 0 Å². The van der Waals surface area contributed by atoms with Gasteiger partial charge < -0.3 is 10.1 Å². The van der Waals surface area contributed by atoms with Crippen LogP contribution in [0.2, 0.25) is 0 Å². The summed E-state index contributed by atoms with van der Waals surface area (Å²) in [7, 11) is 1.47. The molecule has 0 aliphatic heterocycles. The number of amides is 1. The maximum atomic E-state index is 11.5. The van der Waals surface area contributed by atoms with Crippen molar-refractivity contribution in [3.63, 3.8) is 0 Å². The first kappa shape index (κ1) is 12.3. The number of carbonyl (C=O) groups is 2. The minimum absolute atomic E-state index is 0.0163. The van der Waals surface area contributed by atoms with E-state index in [1.54, 1.807) is 6.07 Å². The fourth-order valence-corrected chi connectivity index (χ4v) is 2.32. The molecule has 1 N–H and O–H groups in total. The zero-order valence-corrected chi connectivity index (χ0v) is 11.0. The van der Waals surface area contributed by atoms with Gasteiger partial charge in [-0.25, -0.2) is 0 Å². The number of methoxy groups -OCH3 is 1. The van der Waals surface area contributed by atoms with Crippen LogP contribution < -0.4 is 5.32 Å². The van der Waals surface area contributed by atoms with Crippen LogP contribution in [0.25, 0.3) is 0 Å². The first-order chi connectivity index (χ1) is 8.11. The van der Waals surface area contributed by atoms with Gasteiger partial charge in [0.05, 0.1) is 5.69 Å². The smallest absolute Gasteiger partial charge is 0.250 e. The third-order valence-corrected chi connectivity index (χ3v) is 3.32. The number of ether oxygens (including phenoxy) is 1. The van der Waals surface area contributed by atoms with Crippen LogP contribution in [0.4, 0.5) is 5.69 Å². The summed E-state index contributed by atoms with van der Waals surface area (Å²) in [5.41, 5.74) is 2.42. The van der Waals surface area contributed by atoms with E-state index < -0.39 is 0 Å². The second-order valence-corrected chi connectivity index (χ2v) is 4.75. The van der Waals surface area contributed by atoms with Crippen molar-refractivity contribution in [2.24, 2.45) is 0 Å². The van der Waals surface area contributed by atoms with Crippen molar-refractivity contribution < 1.29 is 14.3 Å². The van der Waals surface area contributed by atoms with Crippen molar-refractivity contribution in [3.8, 4) is 0 Å². The van der Waals surface area contributed by atoms with Gasteiger partial charge in [0.2, 0.25) is 5.91 Å². The molecule has 1 aromatic carbocycles. The van der Waals surface area contributed by atoms with E-state index in [9.17, 15) is 9.59 Å². The van der Waals surface area contributed by atoms with Crippen molar-refractivity contribution in [2.75, 3.05) is 19.0 Å². The summed E-state index contributed by atoms with van der Waals surface area (Å²) < 4.78 is 5.46. The molecule has 0 heterocycles. The highest BCUT2D eigenvalue weighted by molar-refractivity contribution is 9.10. The number of Topliss-reactive ketones (excluding diaryl/α,β-unsaturated/α-hetero) is 1. The molecule has 1 aromatic rings. The van der Waals surface area contributed by atoms with Gasteiger partial charge in [0.15, 0.2) is 5.78 Å². The Balaban J connectivity index is 2.25. The summed E-state index contributed by atoms with van der Waals surface area (Å²) in [6.45, 7) is 0.0163. The number of aryl methyl sites for hydroxylation is 1. The lowest BCUT2D eigenvalue weighted by molar-refractivity contribution is -0.119. The molecule has 5 heteroatoms. The van der Waals surface area contributed by atoms with Crippen molar-refractivity contribution in [3.05, 3.63) is 27.7 Å². The fraction of sp³-hybridized carbons (Fsp3) is 0.333. The Bertz CT molecular complexity index is 485. The molecular weight excluding hydrogens is 286 g/mol. The predicted molar refractivity (Wildman–Crippen MR) is 67.3 cm³/mol. The van der Waals surface area contributed by atoms with Crippen molar-refractivity contribution >= 4 is 33.3 Å². The minimum atomic E-state index is -0.211. The predicted octanol–water partition coefficient (Wildman–Crippen LogP) is 2.16. The molecule has 0 saturated heterocycles. The van der Waals surface area contributed by atoms with Crippen LogP contribution in [0.1, 0.15) is 22.3 Å². The van der Waals surface area contributed by atoms with E-state index in [4.69, 9.17) is 4.74 Å². The molecular formula is C12H12BrNO3. The molecule has 0 bridgehead atoms. The van der Waals surface area contributed by atoms with Crippen LogP contribution in [0.15, 0.2) is 16.6 Å². The molecule has 0 spiro atoms. The van der Waals surface area contributed by atoms with Gasteiger partial charge >= 0.3 is 0 Å². The third-order valence-electron chi connectivity index (χ3n) is 2.66. The largest absolute Gasteiger partial charge is 0.375 e. The number of carbonyl (C=O) groups excluding carboxylic acids is 2. The number of benzene rings is 1. The molecule has 1 amide bonds. The average Bonchev–Trinajstić information content (AvgIpc) is 2.61. The maximum absolute atomic E-state index is 11.5. The zero-order valence-electron chi connectivity index (χ0n) is 9.38. The molecule has 0 fully saturated rings. The van der Waals surface area contributed by atoms with Gasteiger partial charge in [0, 0.05) is 23.6 Å². The van der Waals surface area contributed by atoms with Crippen LogP contribution in [0.3, 0.4) is 0 Å². The summed E-state index contributed by atoms with van der Waals surface area (Å²) in [5, 5.41) is 2.73. The van der Waals surface area contributed by atoms with Crippen molar-refractivity contribution in [1.29, 1.82) is 0 Å². The fourth-order valence-electron chi connectivity index (χ4n) is 1.88. The monoisotopic (exact) mass is 297 g/mol. The van der Waals surface area contributed by atoms with E-state index in [-0.39, 0.29) is 18.3 Å². The average molecular weight is 298 g/mol. The van der Waals surface area contributed by atoms with E-state index in [1.807, 2.05) is 6.07 Å². The molecule has 0 unspecified atom stereocenters. The highest BCUT2D eigenvalue weighted by atomic mass is 79.9. The molecule has 90 valence electrons. The first-order valence-electron chi connectivity index (χ1n) is 5.26. The van der Waals surface area contributed by atoms with Crippen LogP contribution in [0, 0.1) is 0 Å². The normalized spacial score (nSPS) is 13.6. The Morgan fingerprint density at radius 2 is 2.24 bits per heavy atom. The zero-order chi connectivity index (χ0) is 12.4. The van der Waals surface area contributed by atoms with Crippen LogP contribution in [-0.2, 0) is 16.0 Å². The minimum Gasteiger partial charge on any atom is -0.375 e. The number of anilines is 1. The van der Waals surface area contributed by atoms with E-state index in [1.165, 1.54) is 7.11 Å². The lowest BCUT2D eigenvalue weighted by Crippen LogP contribution is -2.17. The maximum Gasteiger partial charge on any atom is 0.250 e. The van der Waals surface area contributed by atoms with Gasteiger partial charge in [-0.3, -0.25) is 9.59 Å². The van der Waals surface area contributed by atoms with Crippen LogP contribution in [-0.4, -0.2) is 25.4 Å². The number of hydrogen-bond acceptors (Lipinski definition) is 3. The number of rotatable bonds is 3. The lowest BCUT2D eigenvalue weighted by atomic mass is 10.1. The van der Waals surface area contributed by atoms with E-state index in [2.05, 4.69) is 21.2 Å². The van der Waals surface area contributed by atoms with Crippen LogP contribution >= 0.6 is 15.9 Å². The summed E-state index contributed by atoms with van der Waals surface area (Å²) in [4.78, 5) is 22.9. The molecule has 0 saturated carbocycles. The SMILES string of the molecule is COCC(=O)Nc1cc2c(cc1Br)C(=O)CC2. The highest BCUT2D eigenvalue weighted by Crippen LogP contribution is 2.31. The Morgan fingerprint density at radius 1 is 1.47 bits per heavy atom. The summed E-state index contributed by atoms with van der Waals surface area (Å²) in [6, 6.07) is 3.62. The number of nitrogens with one attached hydrogen (secondary N) is 1. The highest BCUT2D eigenvalue weighted by Gasteiger charge is 2.21. The van der Waals surface area contributed by atoms with E-state index in [0.717, 1.165) is 22.0 Å². The van der Waals surface area contributed by atoms with Crippen molar-refractivity contribution in [1.82, 2.24) is 0 Å². The number of fused-ring (bicyclic) bond motifs is 1.